The van der Waals surface area contributed by atoms with Crippen LogP contribution in [-0.2, 0) is 17.9 Å². The summed E-state index contributed by atoms with van der Waals surface area (Å²) in [6, 6.07) is 0. The van der Waals surface area contributed by atoms with E-state index in [0.717, 1.165) is 0 Å². The molecule has 90 valence electrons. The van der Waals surface area contributed by atoms with E-state index >= 15 is 0 Å². The summed E-state index contributed by atoms with van der Waals surface area (Å²) >= 11 is 0. The fraction of sp³-hybridized carbons (Fsp3) is 0.600. The van der Waals surface area contributed by atoms with Gasteiger partial charge < -0.3 is 19.6 Å². The van der Waals surface area contributed by atoms with Crippen LogP contribution in [0.5, 0.6) is 0 Å². The average Bonchev–Trinajstić information content (AvgIpc) is 2.59. The van der Waals surface area contributed by atoms with Crippen LogP contribution in [0.2, 0.25) is 0 Å². The molecule has 0 saturated carbocycles. The molecule has 0 aliphatic carbocycles. The van der Waals surface area contributed by atoms with E-state index < -0.39 is 11.7 Å². The fourth-order valence-electron chi connectivity index (χ4n) is 0.965. The van der Waals surface area contributed by atoms with Gasteiger partial charge >= 0.3 is 6.09 Å². The minimum Gasteiger partial charge on any atom is -0.447 e. The van der Waals surface area contributed by atoms with Crippen molar-refractivity contribution in [1.29, 1.82) is 0 Å². The van der Waals surface area contributed by atoms with Crippen LogP contribution in [0.15, 0.2) is 10.7 Å². The Morgan fingerprint density at radius 3 is 2.81 bits per heavy atom. The largest absolute Gasteiger partial charge is 0.447 e. The van der Waals surface area contributed by atoms with Crippen molar-refractivity contribution >= 4 is 6.09 Å². The Morgan fingerprint density at radius 1 is 1.62 bits per heavy atom. The fourth-order valence-corrected chi connectivity index (χ4v) is 0.965. The molecule has 0 aliphatic heterocycles. The van der Waals surface area contributed by atoms with Gasteiger partial charge in [0.25, 0.3) is 0 Å². The molecule has 1 aromatic heterocycles. The number of aliphatic hydroxyl groups is 1. The van der Waals surface area contributed by atoms with Crippen LogP contribution in [0, 0.1) is 0 Å². The smallest absolute Gasteiger partial charge is 0.408 e. The van der Waals surface area contributed by atoms with Crippen molar-refractivity contribution in [2.24, 2.45) is 0 Å². The number of hydrogen-bond acceptors (Lipinski definition) is 5. The van der Waals surface area contributed by atoms with Crippen molar-refractivity contribution in [3.63, 3.8) is 0 Å². The summed E-state index contributed by atoms with van der Waals surface area (Å²) in [6.07, 6.45) is 0.808. The minimum atomic E-state index is -0.531. The highest BCUT2D eigenvalue weighted by Crippen LogP contribution is 2.07. The van der Waals surface area contributed by atoms with Gasteiger partial charge in [-0.05, 0) is 20.8 Å². The van der Waals surface area contributed by atoms with E-state index in [1.807, 2.05) is 0 Å². The number of aliphatic hydroxyl groups excluding tert-OH is 1. The highest BCUT2D eigenvalue weighted by molar-refractivity contribution is 5.67. The van der Waals surface area contributed by atoms with Crippen molar-refractivity contribution in [2.75, 3.05) is 0 Å². The highest BCUT2D eigenvalue weighted by atomic mass is 16.6. The van der Waals surface area contributed by atoms with Gasteiger partial charge in [-0.25, -0.2) is 9.78 Å². The van der Waals surface area contributed by atoms with Crippen molar-refractivity contribution < 1.29 is 19.1 Å². The van der Waals surface area contributed by atoms with E-state index in [0.29, 0.717) is 11.6 Å². The van der Waals surface area contributed by atoms with Crippen molar-refractivity contribution in [1.82, 2.24) is 10.3 Å². The van der Waals surface area contributed by atoms with E-state index in [9.17, 15) is 4.79 Å². The van der Waals surface area contributed by atoms with Gasteiger partial charge in [-0.2, -0.15) is 0 Å². The summed E-state index contributed by atoms with van der Waals surface area (Å²) in [5.74, 6) is 0.329. The molecular formula is C10H16N2O4. The molecular weight excluding hydrogens is 212 g/mol. The number of nitrogens with zero attached hydrogens (tertiary/aromatic N) is 1. The molecule has 1 aromatic rings. The van der Waals surface area contributed by atoms with E-state index in [1.54, 1.807) is 20.8 Å². The normalized spacial score (nSPS) is 11.2. The topological polar surface area (TPSA) is 84.6 Å². The lowest BCUT2D eigenvalue weighted by Gasteiger charge is -2.19. The van der Waals surface area contributed by atoms with E-state index in [2.05, 4.69) is 10.3 Å². The van der Waals surface area contributed by atoms with Crippen LogP contribution < -0.4 is 5.32 Å². The average molecular weight is 228 g/mol. The zero-order valence-corrected chi connectivity index (χ0v) is 9.61. The second kappa shape index (κ2) is 4.98. The van der Waals surface area contributed by atoms with Gasteiger partial charge in [0.15, 0.2) is 0 Å². The Balaban J connectivity index is 2.37. The van der Waals surface area contributed by atoms with Crippen LogP contribution in [0.25, 0.3) is 0 Å². The quantitative estimate of drug-likeness (QED) is 0.811. The molecule has 6 heteroatoms. The molecule has 0 radical (unpaired) electrons. The number of ether oxygens (including phenoxy) is 1. The first-order valence-corrected chi connectivity index (χ1v) is 4.91. The third kappa shape index (κ3) is 4.31. The van der Waals surface area contributed by atoms with Gasteiger partial charge in [-0.3, -0.25) is 0 Å². The lowest BCUT2D eigenvalue weighted by Crippen LogP contribution is -2.32. The maximum Gasteiger partial charge on any atom is 0.408 e. The molecule has 0 unspecified atom stereocenters. The zero-order chi connectivity index (χ0) is 12.2. The molecule has 6 nitrogen and oxygen atoms in total. The monoisotopic (exact) mass is 228 g/mol. The molecule has 1 amide bonds. The van der Waals surface area contributed by atoms with Gasteiger partial charge in [0.05, 0.1) is 13.2 Å². The van der Waals surface area contributed by atoms with E-state index in [-0.39, 0.29) is 13.2 Å². The van der Waals surface area contributed by atoms with Crippen LogP contribution in [0.3, 0.4) is 0 Å². The zero-order valence-electron chi connectivity index (χ0n) is 9.61. The summed E-state index contributed by atoms with van der Waals surface area (Å²) in [7, 11) is 0. The number of oxazole rings is 1. The Labute approximate surface area is 93.6 Å². The van der Waals surface area contributed by atoms with Gasteiger partial charge in [0, 0.05) is 0 Å². The molecule has 0 saturated heterocycles. The first-order valence-electron chi connectivity index (χ1n) is 4.91. The molecule has 0 fully saturated rings. The van der Waals surface area contributed by atoms with Crippen molar-refractivity contribution in [2.45, 2.75) is 39.5 Å². The molecule has 0 atom stereocenters. The standard InChI is InChI=1S/C10H16N2O4/c1-10(2,3)16-9(14)11-4-8-12-7(5-13)6-15-8/h6,13H,4-5H2,1-3H3,(H,11,14). The number of aromatic nitrogens is 1. The molecule has 0 aromatic carbocycles. The molecule has 0 spiro atoms. The number of rotatable bonds is 3. The third-order valence-electron chi connectivity index (χ3n) is 1.54. The molecule has 16 heavy (non-hydrogen) atoms. The number of hydrogen-bond donors (Lipinski definition) is 2. The third-order valence-corrected chi connectivity index (χ3v) is 1.54. The molecule has 0 bridgehead atoms. The summed E-state index contributed by atoms with van der Waals surface area (Å²) in [5, 5.41) is 11.2. The SMILES string of the molecule is CC(C)(C)OC(=O)NCc1nc(CO)co1. The Hall–Kier alpha value is -1.56. The number of alkyl carbamates (subject to hydrolysis) is 1. The summed E-state index contributed by atoms with van der Waals surface area (Å²) in [4.78, 5) is 15.2. The summed E-state index contributed by atoms with van der Waals surface area (Å²) in [6.45, 7) is 5.29. The maximum absolute atomic E-state index is 11.3. The Morgan fingerprint density at radius 2 is 2.31 bits per heavy atom. The van der Waals surface area contributed by atoms with E-state index in [4.69, 9.17) is 14.3 Å². The number of nitrogens with one attached hydrogen (secondary N) is 1. The van der Waals surface area contributed by atoms with Gasteiger partial charge in [-0.1, -0.05) is 0 Å². The molecule has 0 aliphatic rings. The Bertz CT molecular complexity index is 354. The lowest BCUT2D eigenvalue weighted by atomic mass is 10.2. The number of amides is 1. The lowest BCUT2D eigenvalue weighted by molar-refractivity contribution is 0.0519. The van der Waals surface area contributed by atoms with Crippen LogP contribution in [-0.4, -0.2) is 21.8 Å². The van der Waals surface area contributed by atoms with Crippen molar-refractivity contribution in [3.8, 4) is 0 Å². The first-order chi connectivity index (χ1) is 7.40. The van der Waals surface area contributed by atoms with Crippen LogP contribution in [0.1, 0.15) is 32.4 Å². The highest BCUT2D eigenvalue weighted by Gasteiger charge is 2.16. The Kier molecular flexibility index (Phi) is 3.89. The van der Waals surface area contributed by atoms with Crippen LogP contribution in [0.4, 0.5) is 4.79 Å². The molecule has 1 heterocycles. The number of carbonyl (C=O) groups is 1. The molecule has 1 rings (SSSR count). The van der Waals surface area contributed by atoms with Crippen LogP contribution >= 0.6 is 0 Å². The number of carbonyl (C=O) groups excluding carboxylic acids is 1. The second-order valence-electron chi connectivity index (χ2n) is 4.25. The van der Waals surface area contributed by atoms with Gasteiger partial charge in [0.1, 0.15) is 17.6 Å². The van der Waals surface area contributed by atoms with Gasteiger partial charge in [-0.15, -0.1) is 0 Å². The maximum atomic E-state index is 11.3. The summed E-state index contributed by atoms with van der Waals surface area (Å²) in [5.41, 5.74) is -0.0993. The molecule has 2 N–H and O–H groups in total. The van der Waals surface area contributed by atoms with Gasteiger partial charge in [0.2, 0.25) is 5.89 Å². The second-order valence-corrected chi connectivity index (χ2v) is 4.25. The summed E-state index contributed by atoms with van der Waals surface area (Å²) < 4.78 is 10.0. The van der Waals surface area contributed by atoms with Crippen molar-refractivity contribution in [3.05, 3.63) is 17.8 Å². The predicted molar refractivity (Wildman–Crippen MR) is 55.5 cm³/mol. The predicted octanol–water partition coefficient (Wildman–Crippen LogP) is 1.19. The van der Waals surface area contributed by atoms with E-state index in [1.165, 1.54) is 6.26 Å². The first kappa shape index (κ1) is 12.5. The minimum absolute atomic E-state index is 0.134.